The lowest BCUT2D eigenvalue weighted by Crippen LogP contribution is -2.21. The van der Waals surface area contributed by atoms with Gasteiger partial charge in [-0.3, -0.25) is 4.98 Å². The van der Waals surface area contributed by atoms with Crippen molar-refractivity contribution in [2.24, 2.45) is 0 Å². The molecule has 0 amide bonds. The van der Waals surface area contributed by atoms with E-state index < -0.39 is 0 Å². The maximum atomic E-state index is 8.62. The second kappa shape index (κ2) is 8.56. The van der Waals surface area contributed by atoms with Crippen LogP contribution in [-0.4, -0.2) is 34.7 Å². The number of pyridine rings is 1. The minimum absolute atomic E-state index is 0.298. The first-order valence-corrected chi connectivity index (χ1v) is 6.82. The Bertz CT molecular complexity index is 269. The summed E-state index contributed by atoms with van der Waals surface area (Å²) in [5, 5.41) is 12.1. The van der Waals surface area contributed by atoms with Gasteiger partial charge in [-0.25, -0.2) is 0 Å². The van der Waals surface area contributed by atoms with Gasteiger partial charge in [-0.15, -0.1) is 0 Å². The summed E-state index contributed by atoms with van der Waals surface area (Å²) in [5.41, 5.74) is 1.22. The minimum Gasteiger partial charge on any atom is -0.396 e. The summed E-state index contributed by atoms with van der Waals surface area (Å²) in [6.45, 7) is 3.44. The molecule has 1 rings (SSSR count). The van der Waals surface area contributed by atoms with Gasteiger partial charge in [0.05, 0.1) is 0 Å². The number of nitrogens with one attached hydrogen (secondary N) is 1. The van der Waals surface area contributed by atoms with Crippen LogP contribution in [0.1, 0.15) is 24.9 Å². The Morgan fingerprint density at radius 1 is 1.50 bits per heavy atom. The van der Waals surface area contributed by atoms with Crippen LogP contribution in [0, 0.1) is 0 Å². The summed E-state index contributed by atoms with van der Waals surface area (Å²) < 4.78 is 0. The Morgan fingerprint density at radius 2 is 2.38 bits per heavy atom. The summed E-state index contributed by atoms with van der Waals surface area (Å²) in [4.78, 5) is 4.10. The second-order valence-electron chi connectivity index (χ2n) is 3.65. The van der Waals surface area contributed by atoms with Crippen molar-refractivity contribution in [1.29, 1.82) is 0 Å². The van der Waals surface area contributed by atoms with E-state index >= 15 is 0 Å². The zero-order valence-electron chi connectivity index (χ0n) is 9.72. The normalized spacial score (nSPS) is 12.6. The highest BCUT2D eigenvalue weighted by Crippen LogP contribution is 2.09. The molecule has 1 aromatic rings. The van der Waals surface area contributed by atoms with Crippen LogP contribution in [-0.2, 0) is 0 Å². The highest BCUT2D eigenvalue weighted by molar-refractivity contribution is 7.99. The first-order valence-electron chi connectivity index (χ1n) is 5.66. The fourth-order valence-electron chi connectivity index (χ4n) is 1.37. The Hall–Kier alpha value is -0.580. The fourth-order valence-corrected chi connectivity index (χ4v) is 2.17. The third kappa shape index (κ3) is 5.49. The number of hydrogen-bond acceptors (Lipinski definition) is 4. The summed E-state index contributed by atoms with van der Waals surface area (Å²) in [5.74, 6) is 2.13. The summed E-state index contributed by atoms with van der Waals surface area (Å²) in [6, 6.07) is 4.40. The molecule has 0 saturated carbocycles. The molecule has 0 spiro atoms. The molecule has 16 heavy (non-hydrogen) atoms. The van der Waals surface area contributed by atoms with Crippen LogP contribution < -0.4 is 5.32 Å². The number of hydrogen-bond donors (Lipinski definition) is 2. The average molecular weight is 240 g/mol. The van der Waals surface area contributed by atoms with Gasteiger partial charge < -0.3 is 10.4 Å². The molecule has 4 heteroatoms. The van der Waals surface area contributed by atoms with E-state index in [-0.39, 0.29) is 0 Å². The lowest BCUT2D eigenvalue weighted by molar-refractivity contribution is 0.296. The average Bonchev–Trinajstić information content (AvgIpc) is 2.34. The largest absolute Gasteiger partial charge is 0.396 e. The van der Waals surface area contributed by atoms with Crippen molar-refractivity contribution in [2.75, 3.05) is 24.7 Å². The molecule has 0 aliphatic carbocycles. The number of aliphatic hydroxyl groups is 1. The maximum Gasteiger partial charge on any atom is 0.0438 e. The molecule has 0 bridgehead atoms. The highest BCUT2D eigenvalue weighted by atomic mass is 32.2. The molecule has 0 saturated heterocycles. The zero-order chi connectivity index (χ0) is 11.6. The number of aromatic nitrogens is 1. The van der Waals surface area contributed by atoms with E-state index in [1.165, 1.54) is 5.56 Å². The summed E-state index contributed by atoms with van der Waals surface area (Å²) >= 11 is 1.88. The molecule has 1 atom stereocenters. The van der Waals surface area contributed by atoms with Crippen LogP contribution in [0.3, 0.4) is 0 Å². The van der Waals surface area contributed by atoms with Gasteiger partial charge in [0.25, 0.3) is 0 Å². The van der Waals surface area contributed by atoms with Crippen molar-refractivity contribution in [3.8, 4) is 0 Å². The van der Waals surface area contributed by atoms with Gasteiger partial charge >= 0.3 is 0 Å². The van der Waals surface area contributed by atoms with Crippen LogP contribution in [0.2, 0.25) is 0 Å². The van der Waals surface area contributed by atoms with Crippen molar-refractivity contribution in [2.45, 2.75) is 19.4 Å². The molecule has 90 valence electrons. The molecule has 1 aromatic heterocycles. The lowest BCUT2D eigenvalue weighted by Gasteiger charge is -2.13. The van der Waals surface area contributed by atoms with Gasteiger partial charge in [-0.2, -0.15) is 11.8 Å². The smallest absolute Gasteiger partial charge is 0.0438 e. The maximum absolute atomic E-state index is 8.62. The van der Waals surface area contributed by atoms with E-state index in [1.54, 1.807) is 6.20 Å². The highest BCUT2D eigenvalue weighted by Gasteiger charge is 2.02. The van der Waals surface area contributed by atoms with Crippen LogP contribution in [0.25, 0.3) is 0 Å². The fraction of sp³-hybridized carbons (Fsp3) is 0.583. The Kier molecular flexibility index (Phi) is 7.21. The Balaban J connectivity index is 2.09. The number of nitrogens with zero attached hydrogens (tertiary/aromatic N) is 1. The van der Waals surface area contributed by atoms with Crippen LogP contribution >= 0.6 is 11.8 Å². The topological polar surface area (TPSA) is 45.1 Å². The van der Waals surface area contributed by atoms with Crippen molar-refractivity contribution in [3.63, 3.8) is 0 Å². The molecule has 0 aromatic carbocycles. The molecule has 2 N–H and O–H groups in total. The van der Waals surface area contributed by atoms with E-state index in [0.717, 1.165) is 24.5 Å². The predicted molar refractivity (Wildman–Crippen MR) is 69.7 cm³/mol. The van der Waals surface area contributed by atoms with Gasteiger partial charge in [0, 0.05) is 37.3 Å². The monoisotopic (exact) mass is 240 g/mol. The van der Waals surface area contributed by atoms with Gasteiger partial charge in [0.15, 0.2) is 0 Å². The van der Waals surface area contributed by atoms with Gasteiger partial charge in [-0.05, 0) is 30.7 Å². The van der Waals surface area contributed by atoms with Crippen molar-refractivity contribution in [1.82, 2.24) is 10.3 Å². The molecular weight excluding hydrogens is 220 g/mol. The standard InChI is InChI=1S/C12H20N2OS/c1-11(12-4-2-5-13-10-12)14-6-9-16-8-3-7-15/h2,4-5,10-11,14-15H,3,6-9H2,1H3. The summed E-state index contributed by atoms with van der Waals surface area (Å²) in [6.07, 6.45) is 4.58. The van der Waals surface area contributed by atoms with E-state index in [1.807, 2.05) is 24.0 Å². The third-order valence-electron chi connectivity index (χ3n) is 2.33. The van der Waals surface area contributed by atoms with Crippen molar-refractivity contribution in [3.05, 3.63) is 30.1 Å². The molecular formula is C12H20N2OS. The minimum atomic E-state index is 0.298. The van der Waals surface area contributed by atoms with Gasteiger partial charge in [-0.1, -0.05) is 6.07 Å². The van der Waals surface area contributed by atoms with Crippen molar-refractivity contribution < 1.29 is 5.11 Å². The van der Waals surface area contributed by atoms with E-state index in [4.69, 9.17) is 5.11 Å². The molecule has 1 unspecified atom stereocenters. The quantitative estimate of drug-likeness (QED) is 0.681. The van der Waals surface area contributed by atoms with Crippen molar-refractivity contribution >= 4 is 11.8 Å². The van der Waals surface area contributed by atoms with Gasteiger partial charge in [0.1, 0.15) is 0 Å². The lowest BCUT2D eigenvalue weighted by atomic mass is 10.1. The van der Waals surface area contributed by atoms with Crippen LogP contribution in [0.15, 0.2) is 24.5 Å². The molecule has 0 aliphatic rings. The number of rotatable bonds is 8. The van der Waals surface area contributed by atoms with E-state index in [9.17, 15) is 0 Å². The van der Waals surface area contributed by atoms with Crippen LogP contribution in [0.4, 0.5) is 0 Å². The predicted octanol–water partition coefficient (Wildman–Crippen LogP) is 1.85. The molecule has 0 fully saturated rings. The first-order chi connectivity index (χ1) is 7.84. The first kappa shape index (κ1) is 13.5. The second-order valence-corrected chi connectivity index (χ2v) is 4.88. The van der Waals surface area contributed by atoms with Gasteiger partial charge in [0.2, 0.25) is 0 Å². The molecule has 1 heterocycles. The zero-order valence-corrected chi connectivity index (χ0v) is 10.5. The van der Waals surface area contributed by atoms with Crippen LogP contribution in [0.5, 0.6) is 0 Å². The Morgan fingerprint density at radius 3 is 3.06 bits per heavy atom. The molecule has 0 aliphatic heterocycles. The van der Waals surface area contributed by atoms with E-state index in [0.29, 0.717) is 12.6 Å². The Labute approximate surface area is 102 Å². The number of thioether (sulfide) groups is 1. The SMILES string of the molecule is CC(NCCSCCCO)c1cccnc1. The number of aliphatic hydroxyl groups excluding tert-OH is 1. The third-order valence-corrected chi connectivity index (χ3v) is 3.40. The van der Waals surface area contributed by atoms with E-state index in [2.05, 4.69) is 23.3 Å². The molecule has 0 radical (unpaired) electrons. The molecule has 3 nitrogen and oxygen atoms in total. The summed E-state index contributed by atoms with van der Waals surface area (Å²) in [7, 11) is 0.